The highest BCUT2D eigenvalue weighted by molar-refractivity contribution is 5.80. The molecule has 122 valence electrons. The molecule has 2 heterocycles. The minimum Gasteiger partial charge on any atom is -0.508 e. The molecule has 0 radical (unpaired) electrons. The molecule has 2 aromatic carbocycles. The Morgan fingerprint density at radius 1 is 0.958 bits per heavy atom. The van der Waals surface area contributed by atoms with Crippen molar-refractivity contribution in [3.05, 3.63) is 60.9 Å². The van der Waals surface area contributed by atoms with Gasteiger partial charge in [-0.15, -0.1) is 0 Å². The average Bonchev–Trinajstić information content (AvgIpc) is 3.29. The number of phenols is 1. The molecule has 3 aromatic rings. The van der Waals surface area contributed by atoms with Crippen LogP contribution in [0.4, 0.5) is 5.69 Å². The highest BCUT2D eigenvalue weighted by atomic mass is 16.6. The van der Waals surface area contributed by atoms with E-state index in [1.165, 1.54) is 18.5 Å². The molecule has 1 saturated heterocycles. The lowest BCUT2D eigenvalue weighted by Crippen LogP contribution is -2.18. The number of hydrogen-bond acceptors (Lipinski definition) is 4. The molecule has 4 heteroatoms. The standard InChI is InChI=1S/C20H19NO3/c22-16-7-5-15(6-8-16)18-14-17(24-20-4-3-13-23-20)9-10-19(18)21-11-1-2-12-21/h3-10,13-14,22H,1-2,11-12H2. The van der Waals surface area contributed by atoms with Gasteiger partial charge < -0.3 is 19.2 Å². The molecule has 4 nitrogen and oxygen atoms in total. The van der Waals surface area contributed by atoms with E-state index in [2.05, 4.69) is 11.0 Å². The van der Waals surface area contributed by atoms with Gasteiger partial charge in [-0.25, -0.2) is 0 Å². The number of aromatic hydroxyl groups is 1. The van der Waals surface area contributed by atoms with Crippen LogP contribution >= 0.6 is 0 Å². The maximum Gasteiger partial charge on any atom is 0.289 e. The Bertz CT molecular complexity index is 803. The quantitative estimate of drug-likeness (QED) is 0.731. The van der Waals surface area contributed by atoms with Crippen molar-refractivity contribution in [2.45, 2.75) is 12.8 Å². The second-order valence-electron chi connectivity index (χ2n) is 5.95. The summed E-state index contributed by atoms with van der Waals surface area (Å²) in [7, 11) is 0. The topological polar surface area (TPSA) is 45.8 Å². The van der Waals surface area contributed by atoms with Crippen molar-refractivity contribution < 1.29 is 14.3 Å². The van der Waals surface area contributed by atoms with Crippen LogP contribution in [0.1, 0.15) is 12.8 Å². The molecule has 0 aliphatic carbocycles. The molecule has 0 atom stereocenters. The normalized spacial score (nSPS) is 14.1. The second-order valence-corrected chi connectivity index (χ2v) is 5.95. The Labute approximate surface area is 140 Å². The summed E-state index contributed by atoms with van der Waals surface area (Å²) in [6.45, 7) is 2.15. The van der Waals surface area contributed by atoms with Crippen LogP contribution in [0.25, 0.3) is 11.1 Å². The SMILES string of the molecule is Oc1ccc(-c2cc(Oc3ccco3)ccc2N2CCCC2)cc1. The van der Waals surface area contributed by atoms with Crippen LogP contribution in [0.15, 0.2) is 65.3 Å². The van der Waals surface area contributed by atoms with E-state index in [0.29, 0.717) is 5.95 Å². The molecule has 24 heavy (non-hydrogen) atoms. The molecule has 0 unspecified atom stereocenters. The summed E-state index contributed by atoms with van der Waals surface area (Å²) in [4.78, 5) is 2.40. The average molecular weight is 321 g/mol. The van der Waals surface area contributed by atoms with Crippen molar-refractivity contribution in [2.24, 2.45) is 0 Å². The summed E-state index contributed by atoms with van der Waals surface area (Å²) >= 11 is 0. The van der Waals surface area contributed by atoms with E-state index in [1.807, 2.05) is 24.3 Å². The van der Waals surface area contributed by atoms with Gasteiger partial charge in [-0.3, -0.25) is 0 Å². The van der Waals surface area contributed by atoms with Gasteiger partial charge in [-0.1, -0.05) is 12.1 Å². The van der Waals surface area contributed by atoms with Gasteiger partial charge in [0.25, 0.3) is 5.95 Å². The monoisotopic (exact) mass is 321 g/mol. The number of anilines is 1. The summed E-state index contributed by atoms with van der Waals surface area (Å²) in [5.74, 6) is 1.47. The van der Waals surface area contributed by atoms with Crippen molar-refractivity contribution in [2.75, 3.05) is 18.0 Å². The van der Waals surface area contributed by atoms with Crippen molar-refractivity contribution in [3.8, 4) is 28.6 Å². The zero-order chi connectivity index (χ0) is 16.4. The third-order valence-electron chi connectivity index (χ3n) is 4.31. The molecular weight excluding hydrogens is 302 g/mol. The molecule has 0 bridgehead atoms. The highest BCUT2D eigenvalue weighted by Gasteiger charge is 2.17. The van der Waals surface area contributed by atoms with Crippen LogP contribution in [0.2, 0.25) is 0 Å². The van der Waals surface area contributed by atoms with Crippen LogP contribution in [-0.4, -0.2) is 18.2 Å². The van der Waals surface area contributed by atoms with Crippen LogP contribution < -0.4 is 9.64 Å². The summed E-state index contributed by atoms with van der Waals surface area (Å²) in [5.41, 5.74) is 3.35. The van der Waals surface area contributed by atoms with E-state index in [4.69, 9.17) is 9.15 Å². The second kappa shape index (κ2) is 6.32. The smallest absolute Gasteiger partial charge is 0.289 e. The first-order valence-electron chi connectivity index (χ1n) is 8.19. The van der Waals surface area contributed by atoms with E-state index in [-0.39, 0.29) is 5.75 Å². The fraction of sp³-hybridized carbons (Fsp3) is 0.200. The summed E-state index contributed by atoms with van der Waals surface area (Å²) in [6, 6.07) is 17.0. The van der Waals surface area contributed by atoms with Crippen LogP contribution in [-0.2, 0) is 0 Å². The van der Waals surface area contributed by atoms with Gasteiger partial charge in [0.05, 0.1) is 6.26 Å². The summed E-state index contributed by atoms with van der Waals surface area (Å²) in [5, 5.41) is 9.56. The number of furan rings is 1. The third kappa shape index (κ3) is 2.95. The van der Waals surface area contributed by atoms with E-state index in [0.717, 1.165) is 30.0 Å². The maximum absolute atomic E-state index is 9.56. The van der Waals surface area contributed by atoms with Gasteiger partial charge in [-0.05, 0) is 54.8 Å². The van der Waals surface area contributed by atoms with Crippen LogP contribution in [0, 0.1) is 0 Å². The molecule has 1 N–H and O–H groups in total. The fourth-order valence-corrected chi connectivity index (χ4v) is 3.12. The summed E-state index contributed by atoms with van der Waals surface area (Å²) < 4.78 is 11.1. The van der Waals surface area contributed by atoms with E-state index in [9.17, 15) is 5.11 Å². The number of hydrogen-bond donors (Lipinski definition) is 1. The number of phenolic OH excluding ortho intramolecular Hbond substituents is 1. The zero-order valence-electron chi connectivity index (χ0n) is 13.3. The van der Waals surface area contributed by atoms with Gasteiger partial charge >= 0.3 is 0 Å². The first kappa shape index (κ1) is 14.7. The summed E-state index contributed by atoms with van der Waals surface area (Å²) in [6.07, 6.45) is 4.04. The molecule has 1 aliphatic rings. The Morgan fingerprint density at radius 3 is 2.46 bits per heavy atom. The first-order valence-corrected chi connectivity index (χ1v) is 8.19. The Kier molecular flexibility index (Phi) is 3.87. The van der Waals surface area contributed by atoms with Gasteiger partial charge in [0.2, 0.25) is 0 Å². The lowest BCUT2D eigenvalue weighted by molar-refractivity contribution is 0.347. The molecule has 1 aromatic heterocycles. The molecule has 0 spiro atoms. The van der Waals surface area contributed by atoms with E-state index in [1.54, 1.807) is 30.5 Å². The van der Waals surface area contributed by atoms with Gasteiger partial charge in [-0.2, -0.15) is 0 Å². The number of benzene rings is 2. The van der Waals surface area contributed by atoms with Crippen LogP contribution in [0.3, 0.4) is 0 Å². The van der Waals surface area contributed by atoms with Crippen molar-refractivity contribution in [3.63, 3.8) is 0 Å². The van der Waals surface area contributed by atoms with E-state index >= 15 is 0 Å². The Balaban J connectivity index is 1.74. The van der Waals surface area contributed by atoms with Gasteiger partial charge in [0.15, 0.2) is 0 Å². The number of nitrogens with zero attached hydrogens (tertiary/aromatic N) is 1. The first-order chi connectivity index (χ1) is 11.8. The lowest BCUT2D eigenvalue weighted by atomic mass is 10.0. The minimum atomic E-state index is 0.268. The zero-order valence-corrected chi connectivity index (χ0v) is 13.3. The molecule has 1 aliphatic heterocycles. The molecule has 4 rings (SSSR count). The third-order valence-corrected chi connectivity index (χ3v) is 4.31. The predicted molar refractivity (Wildman–Crippen MR) is 93.8 cm³/mol. The van der Waals surface area contributed by atoms with E-state index < -0.39 is 0 Å². The van der Waals surface area contributed by atoms with Crippen molar-refractivity contribution in [1.29, 1.82) is 0 Å². The van der Waals surface area contributed by atoms with Crippen molar-refractivity contribution in [1.82, 2.24) is 0 Å². The fourth-order valence-electron chi connectivity index (χ4n) is 3.12. The van der Waals surface area contributed by atoms with Crippen molar-refractivity contribution >= 4 is 5.69 Å². The molecular formula is C20H19NO3. The Morgan fingerprint density at radius 2 is 1.75 bits per heavy atom. The van der Waals surface area contributed by atoms with Gasteiger partial charge in [0, 0.05) is 30.4 Å². The Hall–Kier alpha value is -2.88. The minimum absolute atomic E-state index is 0.268. The maximum atomic E-state index is 9.56. The lowest BCUT2D eigenvalue weighted by Gasteiger charge is -2.22. The molecule has 0 amide bonds. The highest BCUT2D eigenvalue weighted by Crippen LogP contribution is 2.37. The predicted octanol–water partition coefficient (Wildman–Crippen LogP) is 5.04. The molecule has 0 saturated carbocycles. The van der Waals surface area contributed by atoms with Crippen LogP contribution in [0.5, 0.6) is 17.4 Å². The molecule has 1 fully saturated rings. The number of ether oxygens (including phenoxy) is 1. The number of rotatable bonds is 4. The largest absolute Gasteiger partial charge is 0.508 e. The van der Waals surface area contributed by atoms with Gasteiger partial charge in [0.1, 0.15) is 11.5 Å².